The van der Waals surface area contributed by atoms with Crippen molar-refractivity contribution in [1.29, 1.82) is 0 Å². The van der Waals surface area contributed by atoms with Gasteiger partial charge in [0.1, 0.15) is 0 Å². The van der Waals surface area contributed by atoms with Crippen molar-refractivity contribution in [1.82, 2.24) is 10.4 Å². The van der Waals surface area contributed by atoms with E-state index in [1.807, 2.05) is 0 Å². The number of carbonyl (C=O) groups is 1. The predicted octanol–water partition coefficient (Wildman–Crippen LogP) is 1.54. The summed E-state index contributed by atoms with van der Waals surface area (Å²) in [6.07, 6.45) is 4.30. The Morgan fingerprint density at radius 2 is 2.25 bits per heavy atom. The van der Waals surface area contributed by atoms with E-state index in [0.29, 0.717) is 6.10 Å². The second kappa shape index (κ2) is 7.46. The van der Waals surface area contributed by atoms with Gasteiger partial charge in [0.15, 0.2) is 0 Å². The Morgan fingerprint density at radius 1 is 1.44 bits per heavy atom. The molecule has 0 saturated carbocycles. The van der Waals surface area contributed by atoms with Crippen molar-refractivity contribution in [2.75, 3.05) is 26.8 Å². The number of nitrogens with one attached hydrogen (secondary N) is 1. The smallest absolute Gasteiger partial charge is 0.341 e. The van der Waals surface area contributed by atoms with Gasteiger partial charge in [0.05, 0.1) is 13.2 Å². The average molecular weight is 230 g/mol. The second-order valence-corrected chi connectivity index (χ2v) is 4.02. The van der Waals surface area contributed by atoms with Gasteiger partial charge in [-0.1, -0.05) is 6.92 Å². The highest BCUT2D eigenvalue weighted by Gasteiger charge is 2.20. The molecule has 0 aliphatic carbocycles. The third-order valence-corrected chi connectivity index (χ3v) is 2.71. The van der Waals surface area contributed by atoms with Crippen LogP contribution >= 0.6 is 0 Å². The van der Waals surface area contributed by atoms with Crippen molar-refractivity contribution < 1.29 is 14.4 Å². The average Bonchev–Trinajstić information content (AvgIpc) is 2.52. The van der Waals surface area contributed by atoms with Crippen LogP contribution in [0, 0.1) is 0 Å². The van der Waals surface area contributed by atoms with Gasteiger partial charge in [0, 0.05) is 19.7 Å². The van der Waals surface area contributed by atoms with Crippen molar-refractivity contribution in [2.24, 2.45) is 0 Å². The lowest BCUT2D eigenvalue weighted by atomic mass is 10.2. The molecule has 0 bridgehead atoms. The van der Waals surface area contributed by atoms with Crippen molar-refractivity contribution in [3.05, 3.63) is 0 Å². The van der Waals surface area contributed by atoms with Crippen LogP contribution < -0.4 is 5.48 Å². The first-order chi connectivity index (χ1) is 7.77. The number of hydrogen-bond acceptors (Lipinski definition) is 3. The van der Waals surface area contributed by atoms with E-state index in [1.54, 1.807) is 4.90 Å². The van der Waals surface area contributed by atoms with Gasteiger partial charge in [-0.2, -0.15) is 0 Å². The summed E-state index contributed by atoms with van der Waals surface area (Å²) in [5, 5.41) is 0. The van der Waals surface area contributed by atoms with Gasteiger partial charge in [-0.25, -0.2) is 10.3 Å². The minimum Gasteiger partial charge on any atom is -0.378 e. The number of carbonyl (C=O) groups excluding carboxylic acids is 1. The Bertz CT molecular complexity index is 211. The number of ether oxygens (including phenoxy) is 1. The molecule has 5 nitrogen and oxygen atoms in total. The molecule has 0 radical (unpaired) electrons. The summed E-state index contributed by atoms with van der Waals surface area (Å²) >= 11 is 0. The lowest BCUT2D eigenvalue weighted by molar-refractivity contribution is 0.0435. The van der Waals surface area contributed by atoms with E-state index in [-0.39, 0.29) is 6.03 Å². The van der Waals surface area contributed by atoms with E-state index in [9.17, 15) is 4.79 Å². The van der Waals surface area contributed by atoms with Crippen LogP contribution in [-0.4, -0.2) is 43.8 Å². The minimum absolute atomic E-state index is 0.154. The highest BCUT2D eigenvalue weighted by atomic mass is 16.6. The van der Waals surface area contributed by atoms with E-state index in [4.69, 9.17) is 4.74 Å². The zero-order valence-electron chi connectivity index (χ0n) is 10.2. The third kappa shape index (κ3) is 4.37. The summed E-state index contributed by atoms with van der Waals surface area (Å²) in [5.41, 5.74) is 2.35. The summed E-state index contributed by atoms with van der Waals surface area (Å²) in [5.74, 6) is 0. The Balaban J connectivity index is 2.31. The van der Waals surface area contributed by atoms with Crippen LogP contribution in [0.3, 0.4) is 0 Å². The SMILES string of the molecule is CCCO[C@@H]1CCCN(C(=O)NOC)CC1. The van der Waals surface area contributed by atoms with E-state index in [1.165, 1.54) is 7.11 Å². The van der Waals surface area contributed by atoms with E-state index in [0.717, 1.165) is 45.4 Å². The van der Waals surface area contributed by atoms with E-state index >= 15 is 0 Å². The minimum atomic E-state index is -0.154. The molecule has 1 aliphatic heterocycles. The van der Waals surface area contributed by atoms with Gasteiger partial charge in [0.2, 0.25) is 0 Å². The monoisotopic (exact) mass is 230 g/mol. The summed E-state index contributed by atoms with van der Waals surface area (Å²) in [7, 11) is 1.45. The molecule has 0 unspecified atom stereocenters. The van der Waals surface area contributed by atoms with Crippen LogP contribution in [0.25, 0.3) is 0 Å². The molecule has 1 fully saturated rings. The number of hydrogen-bond donors (Lipinski definition) is 1. The fraction of sp³-hybridized carbons (Fsp3) is 0.909. The highest BCUT2D eigenvalue weighted by molar-refractivity contribution is 5.72. The molecule has 1 heterocycles. The normalized spacial score (nSPS) is 21.6. The quantitative estimate of drug-likeness (QED) is 0.745. The van der Waals surface area contributed by atoms with E-state index in [2.05, 4.69) is 17.2 Å². The molecule has 5 heteroatoms. The Morgan fingerprint density at radius 3 is 2.94 bits per heavy atom. The second-order valence-electron chi connectivity index (χ2n) is 4.02. The number of nitrogens with zero attached hydrogens (tertiary/aromatic N) is 1. The van der Waals surface area contributed by atoms with E-state index < -0.39 is 0 Å². The summed E-state index contributed by atoms with van der Waals surface area (Å²) < 4.78 is 5.71. The first kappa shape index (κ1) is 13.3. The lowest BCUT2D eigenvalue weighted by Gasteiger charge is -2.20. The van der Waals surface area contributed by atoms with Crippen LogP contribution in [0.4, 0.5) is 4.79 Å². The van der Waals surface area contributed by atoms with Crippen LogP contribution in [-0.2, 0) is 9.57 Å². The molecule has 1 rings (SSSR count). The first-order valence-electron chi connectivity index (χ1n) is 5.97. The molecular weight excluding hydrogens is 208 g/mol. The maximum absolute atomic E-state index is 11.5. The molecule has 0 spiro atoms. The molecule has 1 atom stereocenters. The van der Waals surface area contributed by atoms with Crippen molar-refractivity contribution in [3.63, 3.8) is 0 Å². The zero-order valence-corrected chi connectivity index (χ0v) is 10.2. The van der Waals surface area contributed by atoms with Crippen LogP contribution in [0.2, 0.25) is 0 Å². The molecule has 1 aliphatic rings. The highest BCUT2D eigenvalue weighted by Crippen LogP contribution is 2.14. The summed E-state index contributed by atoms with van der Waals surface area (Å²) in [6, 6.07) is -0.154. The molecule has 94 valence electrons. The van der Waals surface area contributed by atoms with Gasteiger partial charge in [-0.05, 0) is 25.7 Å². The summed E-state index contributed by atoms with van der Waals surface area (Å²) in [4.78, 5) is 17.9. The predicted molar refractivity (Wildman–Crippen MR) is 61.0 cm³/mol. The lowest BCUT2D eigenvalue weighted by Crippen LogP contribution is -2.40. The Kier molecular flexibility index (Phi) is 6.18. The zero-order chi connectivity index (χ0) is 11.8. The van der Waals surface area contributed by atoms with Gasteiger partial charge >= 0.3 is 6.03 Å². The Hall–Kier alpha value is -0.810. The molecule has 0 aromatic heterocycles. The van der Waals surface area contributed by atoms with Gasteiger partial charge in [-0.15, -0.1) is 0 Å². The largest absolute Gasteiger partial charge is 0.378 e. The fourth-order valence-corrected chi connectivity index (χ4v) is 1.87. The molecule has 1 N–H and O–H groups in total. The maximum Gasteiger partial charge on any atom is 0.341 e. The number of hydroxylamine groups is 1. The van der Waals surface area contributed by atoms with Crippen LogP contribution in [0.15, 0.2) is 0 Å². The number of amides is 2. The molecule has 16 heavy (non-hydrogen) atoms. The molecular formula is C11H22N2O3. The van der Waals surface area contributed by atoms with Crippen molar-refractivity contribution >= 4 is 6.03 Å². The van der Waals surface area contributed by atoms with Gasteiger partial charge < -0.3 is 9.64 Å². The molecule has 0 aromatic carbocycles. The van der Waals surface area contributed by atoms with Crippen molar-refractivity contribution in [3.8, 4) is 0 Å². The Labute approximate surface area is 97.0 Å². The van der Waals surface area contributed by atoms with Crippen molar-refractivity contribution in [2.45, 2.75) is 38.7 Å². The van der Waals surface area contributed by atoms with Gasteiger partial charge in [-0.3, -0.25) is 4.84 Å². The van der Waals surface area contributed by atoms with Crippen LogP contribution in [0.1, 0.15) is 32.6 Å². The third-order valence-electron chi connectivity index (χ3n) is 2.71. The fourth-order valence-electron chi connectivity index (χ4n) is 1.87. The molecule has 2 amide bonds. The maximum atomic E-state index is 11.5. The molecule has 1 saturated heterocycles. The van der Waals surface area contributed by atoms with Gasteiger partial charge in [0.25, 0.3) is 0 Å². The number of rotatable bonds is 4. The number of urea groups is 1. The topological polar surface area (TPSA) is 50.8 Å². The molecule has 0 aromatic rings. The number of likely N-dealkylation sites (tertiary alicyclic amines) is 1. The standard InChI is InChI=1S/C11H22N2O3/c1-3-9-16-10-5-4-7-13(8-6-10)11(14)12-15-2/h10H,3-9H2,1-2H3,(H,12,14)/t10-/m1/s1. The summed E-state index contributed by atoms with van der Waals surface area (Å²) in [6.45, 7) is 4.44. The first-order valence-corrected chi connectivity index (χ1v) is 5.97. The van der Waals surface area contributed by atoms with Crippen LogP contribution in [0.5, 0.6) is 0 Å².